The van der Waals surface area contributed by atoms with E-state index in [1.54, 1.807) is 6.20 Å². The van der Waals surface area contributed by atoms with E-state index in [0.717, 1.165) is 69.3 Å². The van der Waals surface area contributed by atoms with Crippen LogP contribution in [-0.4, -0.2) is 61.8 Å². The summed E-state index contributed by atoms with van der Waals surface area (Å²) >= 11 is 8.09. The number of pyridine rings is 1. The van der Waals surface area contributed by atoms with Gasteiger partial charge < -0.3 is 25.0 Å². The van der Waals surface area contributed by atoms with Gasteiger partial charge in [-0.1, -0.05) is 11.6 Å². The number of halogens is 2. The third-order valence-electron chi connectivity index (χ3n) is 8.00. The summed E-state index contributed by atoms with van der Waals surface area (Å²) in [7, 11) is 0. The highest BCUT2D eigenvalue weighted by molar-refractivity contribution is 7.19. The van der Waals surface area contributed by atoms with Crippen molar-refractivity contribution in [2.45, 2.75) is 45.4 Å². The van der Waals surface area contributed by atoms with Crippen LogP contribution >= 0.6 is 22.9 Å². The molecular weight excluding hydrogens is 551 g/mol. The number of fused-ring (bicyclic) bond motifs is 2. The topological polar surface area (TPSA) is 101 Å². The first-order valence-corrected chi connectivity index (χ1v) is 14.5. The van der Waals surface area contributed by atoms with Crippen LogP contribution in [0.5, 0.6) is 0 Å². The van der Waals surface area contributed by atoms with E-state index in [1.165, 1.54) is 21.1 Å². The Bertz CT molecular complexity index is 1640. The maximum absolute atomic E-state index is 14.4. The molecule has 40 heavy (non-hydrogen) atoms. The normalized spacial score (nSPS) is 21.6. The fraction of sp³-hybridized carbons (Fsp3) is 0.379. The van der Waals surface area contributed by atoms with E-state index in [1.807, 2.05) is 43.5 Å². The number of hydrogen-bond donors (Lipinski definition) is 3. The second-order valence-electron chi connectivity index (χ2n) is 10.5. The standard InChI is InChI=1S/C29H30ClFN6O2S/c1-2-35-15-23(31)27(38)37(28(35)39)14-20-13-24-26(40-20)21(3-7-34-24)22-12-19(30)11-18-4-10-36(25(18)22)17-29(16-32)5-8-33-9-6-29/h3-4,7,10-13,15,27-28,33,38-39H,2,5-6,8-9,14,17H2,1H3. The molecule has 1 saturated heterocycles. The zero-order valence-corrected chi connectivity index (χ0v) is 23.6. The predicted octanol–water partition coefficient (Wildman–Crippen LogP) is 5.01. The molecular formula is C29H30ClFN6O2S. The molecule has 5 heterocycles. The lowest BCUT2D eigenvalue weighted by atomic mass is 9.80. The Morgan fingerprint density at radius 3 is 2.77 bits per heavy atom. The quantitative estimate of drug-likeness (QED) is 0.295. The van der Waals surface area contributed by atoms with Crippen molar-refractivity contribution in [2.75, 3.05) is 19.6 Å². The average Bonchev–Trinajstić information content (AvgIpc) is 3.56. The molecule has 1 fully saturated rings. The molecule has 208 valence electrons. The molecule has 6 rings (SSSR count). The molecule has 0 radical (unpaired) electrons. The number of nitrogens with zero attached hydrogens (tertiary/aromatic N) is 5. The van der Waals surface area contributed by atoms with Gasteiger partial charge in [-0.2, -0.15) is 5.26 Å². The highest BCUT2D eigenvalue weighted by Gasteiger charge is 2.35. The molecule has 2 unspecified atom stereocenters. The Morgan fingerprint density at radius 2 is 2.02 bits per heavy atom. The van der Waals surface area contributed by atoms with Crippen LogP contribution in [0.3, 0.4) is 0 Å². The van der Waals surface area contributed by atoms with Crippen molar-refractivity contribution < 1.29 is 14.6 Å². The number of piperidine rings is 1. The SMILES string of the molecule is CCN1C=C(F)C(O)N(Cc2cc3nccc(-c4cc(Cl)cc5ccn(CC6(C#N)CCNCC6)c45)c3s2)C1O. The lowest BCUT2D eigenvalue weighted by Gasteiger charge is -2.40. The van der Waals surface area contributed by atoms with Gasteiger partial charge in [0.15, 0.2) is 18.4 Å². The first kappa shape index (κ1) is 27.1. The second kappa shape index (κ2) is 10.7. The highest BCUT2D eigenvalue weighted by Crippen LogP contribution is 2.41. The Hall–Kier alpha value is -3.04. The minimum atomic E-state index is -1.53. The van der Waals surface area contributed by atoms with Crippen molar-refractivity contribution in [1.82, 2.24) is 24.7 Å². The molecule has 0 spiro atoms. The summed E-state index contributed by atoms with van der Waals surface area (Å²) in [6.07, 6.45) is 3.83. The number of aliphatic hydroxyl groups excluding tert-OH is 2. The average molecular weight is 581 g/mol. The number of rotatable bonds is 6. The van der Waals surface area contributed by atoms with Crippen LogP contribution in [0.4, 0.5) is 4.39 Å². The van der Waals surface area contributed by atoms with Crippen LogP contribution in [0.2, 0.25) is 5.02 Å². The molecule has 2 atom stereocenters. The third kappa shape index (κ3) is 4.77. The third-order valence-corrected chi connectivity index (χ3v) is 9.36. The first-order chi connectivity index (χ1) is 19.3. The van der Waals surface area contributed by atoms with Gasteiger partial charge >= 0.3 is 0 Å². The van der Waals surface area contributed by atoms with Crippen LogP contribution in [-0.2, 0) is 13.1 Å². The highest BCUT2D eigenvalue weighted by atomic mass is 35.5. The number of aliphatic hydroxyl groups is 2. The summed E-state index contributed by atoms with van der Waals surface area (Å²) < 4.78 is 17.5. The predicted molar refractivity (Wildman–Crippen MR) is 155 cm³/mol. The Kier molecular flexibility index (Phi) is 7.29. The maximum Gasteiger partial charge on any atom is 0.188 e. The van der Waals surface area contributed by atoms with Crippen LogP contribution in [0.25, 0.3) is 32.2 Å². The van der Waals surface area contributed by atoms with E-state index >= 15 is 0 Å². The monoisotopic (exact) mass is 580 g/mol. The van der Waals surface area contributed by atoms with Crippen molar-refractivity contribution in [1.29, 1.82) is 5.26 Å². The molecule has 0 saturated carbocycles. The number of hydrogen-bond acceptors (Lipinski definition) is 8. The van der Waals surface area contributed by atoms with E-state index in [9.17, 15) is 19.9 Å². The molecule has 0 amide bonds. The Morgan fingerprint density at radius 1 is 1.23 bits per heavy atom. The number of aromatic nitrogens is 2. The van der Waals surface area contributed by atoms with Crippen LogP contribution in [0, 0.1) is 16.7 Å². The molecule has 4 aromatic rings. The molecule has 3 N–H and O–H groups in total. The van der Waals surface area contributed by atoms with Crippen molar-refractivity contribution in [3.63, 3.8) is 0 Å². The molecule has 3 aromatic heterocycles. The maximum atomic E-state index is 14.4. The largest absolute Gasteiger partial charge is 0.371 e. The second-order valence-corrected chi connectivity index (χ2v) is 12.1. The van der Waals surface area contributed by atoms with Crippen molar-refractivity contribution in [3.8, 4) is 17.2 Å². The van der Waals surface area contributed by atoms with Gasteiger partial charge in [0.05, 0.1) is 27.2 Å². The molecule has 0 bridgehead atoms. The van der Waals surface area contributed by atoms with Gasteiger partial charge in [0, 0.05) is 64.6 Å². The van der Waals surface area contributed by atoms with Crippen molar-refractivity contribution in [3.05, 3.63) is 64.7 Å². The molecule has 11 heteroatoms. The van der Waals surface area contributed by atoms with Gasteiger partial charge in [0.2, 0.25) is 0 Å². The minimum absolute atomic E-state index is 0.140. The first-order valence-electron chi connectivity index (χ1n) is 13.4. The van der Waals surface area contributed by atoms with Crippen molar-refractivity contribution >= 4 is 44.1 Å². The summed E-state index contributed by atoms with van der Waals surface area (Å²) in [4.78, 5) is 8.15. The van der Waals surface area contributed by atoms with Gasteiger partial charge in [-0.25, -0.2) is 9.29 Å². The van der Waals surface area contributed by atoms with E-state index in [2.05, 4.69) is 20.9 Å². The number of nitrogens with one attached hydrogen (secondary N) is 1. The van der Waals surface area contributed by atoms with Crippen molar-refractivity contribution in [2.24, 2.45) is 5.41 Å². The summed E-state index contributed by atoms with van der Waals surface area (Å²) in [5.74, 6) is -0.710. The van der Waals surface area contributed by atoms with Crippen LogP contribution < -0.4 is 5.32 Å². The summed E-state index contributed by atoms with van der Waals surface area (Å²) in [6.45, 7) is 4.58. The summed E-state index contributed by atoms with van der Waals surface area (Å²) in [5.41, 5.74) is 3.22. The van der Waals surface area contributed by atoms with E-state index in [0.29, 0.717) is 18.1 Å². The van der Waals surface area contributed by atoms with Gasteiger partial charge in [-0.15, -0.1) is 11.3 Å². The van der Waals surface area contributed by atoms with Gasteiger partial charge in [-0.3, -0.25) is 4.98 Å². The molecule has 2 aliphatic rings. The lowest BCUT2D eigenvalue weighted by Crippen LogP contribution is -2.54. The number of benzene rings is 1. The van der Waals surface area contributed by atoms with Crippen LogP contribution in [0.1, 0.15) is 24.6 Å². The van der Waals surface area contributed by atoms with E-state index < -0.39 is 23.8 Å². The Labute approximate surface area is 240 Å². The lowest BCUT2D eigenvalue weighted by molar-refractivity contribution is -0.170. The molecule has 1 aromatic carbocycles. The van der Waals surface area contributed by atoms with Crippen LogP contribution in [0.15, 0.2) is 54.8 Å². The van der Waals surface area contributed by atoms with Gasteiger partial charge in [-0.05, 0) is 63.2 Å². The minimum Gasteiger partial charge on any atom is -0.371 e. The van der Waals surface area contributed by atoms with Gasteiger partial charge in [0.25, 0.3) is 0 Å². The molecule has 0 aliphatic carbocycles. The summed E-state index contributed by atoms with van der Waals surface area (Å²) in [5, 5.41) is 36.3. The fourth-order valence-corrected chi connectivity index (χ4v) is 7.21. The fourth-order valence-electron chi connectivity index (χ4n) is 5.83. The zero-order valence-electron chi connectivity index (χ0n) is 22.0. The van der Waals surface area contributed by atoms with E-state index in [-0.39, 0.29) is 6.54 Å². The number of thiophene rings is 1. The molecule has 8 nitrogen and oxygen atoms in total. The molecule has 2 aliphatic heterocycles. The van der Waals surface area contributed by atoms with E-state index in [4.69, 9.17) is 11.6 Å². The Balaban J connectivity index is 1.41. The zero-order chi connectivity index (χ0) is 28.0. The number of nitriles is 1. The van der Waals surface area contributed by atoms with Gasteiger partial charge in [0.1, 0.15) is 0 Å². The summed E-state index contributed by atoms with van der Waals surface area (Å²) in [6, 6.07) is 12.4. The smallest absolute Gasteiger partial charge is 0.188 e.